The molecule has 2 N–H and O–H groups in total. The second-order valence-corrected chi connectivity index (χ2v) is 5.21. The largest absolute Gasteiger partial charge is 0.508 e. The minimum Gasteiger partial charge on any atom is -0.508 e. The van der Waals surface area contributed by atoms with Gasteiger partial charge >= 0.3 is 0 Å². The van der Waals surface area contributed by atoms with Crippen LogP contribution in [0, 0.1) is 6.92 Å². The lowest BCUT2D eigenvalue weighted by Crippen LogP contribution is -2.25. The fraction of sp³-hybridized carbons (Fsp3) is 0.500. The Morgan fingerprint density at radius 3 is 3.00 bits per heavy atom. The molecule has 1 fully saturated rings. The van der Waals surface area contributed by atoms with E-state index in [0.29, 0.717) is 11.8 Å². The summed E-state index contributed by atoms with van der Waals surface area (Å²) in [6.45, 7) is 2.03. The maximum absolute atomic E-state index is 9.31. The van der Waals surface area contributed by atoms with Crippen molar-refractivity contribution in [2.75, 3.05) is 16.8 Å². The molecule has 1 heterocycles. The van der Waals surface area contributed by atoms with Gasteiger partial charge in [0, 0.05) is 17.5 Å². The van der Waals surface area contributed by atoms with E-state index in [1.54, 1.807) is 12.1 Å². The van der Waals surface area contributed by atoms with Crippen molar-refractivity contribution < 1.29 is 5.11 Å². The van der Waals surface area contributed by atoms with Crippen LogP contribution in [0.15, 0.2) is 18.2 Å². The number of aromatic hydroxyl groups is 1. The maximum atomic E-state index is 9.31. The van der Waals surface area contributed by atoms with E-state index in [-0.39, 0.29) is 0 Å². The topological polar surface area (TPSA) is 32.3 Å². The van der Waals surface area contributed by atoms with Gasteiger partial charge in [0.15, 0.2) is 0 Å². The number of hydrogen-bond acceptors (Lipinski definition) is 3. The highest BCUT2D eigenvalue weighted by Gasteiger charge is 2.13. The van der Waals surface area contributed by atoms with Crippen molar-refractivity contribution in [3.63, 3.8) is 0 Å². The molecule has 0 radical (unpaired) electrons. The highest BCUT2D eigenvalue weighted by Crippen LogP contribution is 2.24. The predicted molar refractivity (Wildman–Crippen MR) is 66.8 cm³/mol. The molecule has 1 saturated heterocycles. The Hall–Kier alpha value is -0.830. The standard InChI is InChI=1S/C12H17NOS/c1-9-7-11(14)4-5-12(9)13-10-3-2-6-15-8-10/h4-5,7,10,13-14H,2-3,6,8H2,1H3. The molecule has 1 aliphatic heterocycles. The number of phenolic OH excluding ortho intramolecular Hbond substituents is 1. The maximum Gasteiger partial charge on any atom is 0.115 e. The van der Waals surface area contributed by atoms with Crippen molar-refractivity contribution >= 4 is 17.4 Å². The number of thioether (sulfide) groups is 1. The third-order valence-electron chi connectivity index (χ3n) is 2.73. The van der Waals surface area contributed by atoms with Gasteiger partial charge in [0.05, 0.1) is 0 Å². The van der Waals surface area contributed by atoms with Gasteiger partial charge < -0.3 is 10.4 Å². The SMILES string of the molecule is Cc1cc(O)ccc1NC1CCCSC1. The van der Waals surface area contributed by atoms with E-state index < -0.39 is 0 Å². The van der Waals surface area contributed by atoms with Crippen molar-refractivity contribution in [3.05, 3.63) is 23.8 Å². The van der Waals surface area contributed by atoms with Gasteiger partial charge in [-0.1, -0.05) is 0 Å². The molecule has 0 saturated carbocycles. The first kappa shape index (κ1) is 10.7. The zero-order valence-electron chi connectivity index (χ0n) is 8.99. The summed E-state index contributed by atoms with van der Waals surface area (Å²) in [5, 5.41) is 12.9. The van der Waals surface area contributed by atoms with Crippen molar-refractivity contribution in [2.24, 2.45) is 0 Å². The summed E-state index contributed by atoms with van der Waals surface area (Å²) >= 11 is 2.02. The van der Waals surface area contributed by atoms with Crippen molar-refractivity contribution in [2.45, 2.75) is 25.8 Å². The van der Waals surface area contributed by atoms with E-state index in [4.69, 9.17) is 0 Å². The molecule has 1 aliphatic rings. The minimum atomic E-state index is 0.344. The van der Waals surface area contributed by atoms with Crippen molar-refractivity contribution in [3.8, 4) is 5.75 Å². The monoisotopic (exact) mass is 223 g/mol. The van der Waals surface area contributed by atoms with E-state index >= 15 is 0 Å². The molecule has 82 valence electrons. The first-order valence-electron chi connectivity index (χ1n) is 5.39. The number of phenols is 1. The van der Waals surface area contributed by atoms with Crippen LogP contribution in [0.4, 0.5) is 5.69 Å². The highest BCUT2D eigenvalue weighted by molar-refractivity contribution is 7.99. The molecule has 1 aromatic carbocycles. The molecule has 2 nitrogen and oxygen atoms in total. The van der Waals surface area contributed by atoms with Crippen LogP contribution in [0.3, 0.4) is 0 Å². The summed E-state index contributed by atoms with van der Waals surface area (Å²) in [5.74, 6) is 2.84. The Labute approximate surface area is 95.1 Å². The van der Waals surface area contributed by atoms with E-state index in [1.807, 2.05) is 24.8 Å². The normalized spacial score (nSPS) is 21.3. The van der Waals surface area contributed by atoms with Gasteiger partial charge in [0.2, 0.25) is 0 Å². The summed E-state index contributed by atoms with van der Waals surface area (Å²) < 4.78 is 0. The number of nitrogens with one attached hydrogen (secondary N) is 1. The first-order valence-corrected chi connectivity index (χ1v) is 6.55. The molecule has 1 unspecified atom stereocenters. The van der Waals surface area contributed by atoms with Gasteiger partial charge in [-0.2, -0.15) is 11.8 Å². The molecule has 0 amide bonds. The Bertz CT molecular complexity index is 334. The number of anilines is 1. The van der Waals surface area contributed by atoms with Crippen molar-refractivity contribution in [1.82, 2.24) is 0 Å². The number of benzene rings is 1. The second kappa shape index (κ2) is 4.79. The number of aryl methyl sites for hydroxylation is 1. The molecule has 0 aromatic heterocycles. The van der Waals surface area contributed by atoms with Gasteiger partial charge in [0.25, 0.3) is 0 Å². The van der Waals surface area contributed by atoms with Gasteiger partial charge in [0.1, 0.15) is 5.75 Å². The average Bonchev–Trinajstić information content (AvgIpc) is 2.24. The van der Waals surface area contributed by atoms with E-state index in [2.05, 4.69) is 5.32 Å². The lowest BCUT2D eigenvalue weighted by atomic mass is 10.1. The summed E-state index contributed by atoms with van der Waals surface area (Å²) in [6, 6.07) is 6.10. The second-order valence-electron chi connectivity index (χ2n) is 4.06. The molecular formula is C12H17NOS. The lowest BCUT2D eigenvalue weighted by Gasteiger charge is -2.24. The smallest absolute Gasteiger partial charge is 0.115 e. The molecule has 0 spiro atoms. The van der Waals surface area contributed by atoms with E-state index in [1.165, 1.54) is 24.3 Å². The van der Waals surface area contributed by atoms with Gasteiger partial charge in [-0.25, -0.2) is 0 Å². The molecule has 15 heavy (non-hydrogen) atoms. The molecular weight excluding hydrogens is 206 g/mol. The molecule has 3 heteroatoms. The number of rotatable bonds is 2. The van der Waals surface area contributed by atoms with Crippen LogP contribution in [0.5, 0.6) is 5.75 Å². The third kappa shape index (κ3) is 2.81. The van der Waals surface area contributed by atoms with Crippen molar-refractivity contribution in [1.29, 1.82) is 0 Å². The highest BCUT2D eigenvalue weighted by atomic mass is 32.2. The molecule has 1 atom stereocenters. The average molecular weight is 223 g/mol. The van der Waals surface area contributed by atoms with Crippen LogP contribution >= 0.6 is 11.8 Å². The van der Waals surface area contributed by atoms with Crippen LogP contribution in [0.2, 0.25) is 0 Å². The van der Waals surface area contributed by atoms with Crippen LogP contribution < -0.4 is 5.32 Å². The van der Waals surface area contributed by atoms with E-state index in [9.17, 15) is 5.11 Å². The quantitative estimate of drug-likeness (QED) is 0.756. The minimum absolute atomic E-state index is 0.344. The molecule has 2 rings (SSSR count). The van der Waals surface area contributed by atoms with Gasteiger partial charge in [-0.15, -0.1) is 0 Å². The Morgan fingerprint density at radius 2 is 2.33 bits per heavy atom. The Balaban J connectivity index is 2.03. The predicted octanol–water partition coefficient (Wildman–Crippen LogP) is 3.01. The van der Waals surface area contributed by atoms with E-state index in [0.717, 1.165) is 11.3 Å². The summed E-state index contributed by atoms with van der Waals surface area (Å²) in [4.78, 5) is 0. The molecule has 0 aliphatic carbocycles. The summed E-state index contributed by atoms with van der Waals surface area (Å²) in [7, 11) is 0. The number of hydrogen-bond donors (Lipinski definition) is 2. The first-order chi connectivity index (χ1) is 7.25. The third-order valence-corrected chi connectivity index (χ3v) is 3.95. The van der Waals surface area contributed by atoms with Crippen LogP contribution in [-0.4, -0.2) is 22.7 Å². The molecule has 1 aromatic rings. The zero-order valence-corrected chi connectivity index (χ0v) is 9.81. The van der Waals surface area contributed by atoms with Crippen LogP contribution in [0.1, 0.15) is 18.4 Å². The Kier molecular flexibility index (Phi) is 3.41. The lowest BCUT2D eigenvalue weighted by molar-refractivity contribution is 0.475. The summed E-state index contributed by atoms with van der Waals surface area (Å²) in [6.07, 6.45) is 2.56. The van der Waals surface area contributed by atoms with Gasteiger partial charge in [-0.3, -0.25) is 0 Å². The fourth-order valence-electron chi connectivity index (χ4n) is 1.88. The summed E-state index contributed by atoms with van der Waals surface area (Å²) in [5.41, 5.74) is 2.27. The molecule has 0 bridgehead atoms. The van der Waals surface area contributed by atoms with Crippen LogP contribution in [0.25, 0.3) is 0 Å². The zero-order chi connectivity index (χ0) is 10.7. The van der Waals surface area contributed by atoms with Gasteiger partial charge in [-0.05, 0) is 49.3 Å². The fourth-order valence-corrected chi connectivity index (χ4v) is 2.96. The van der Waals surface area contributed by atoms with Crippen LogP contribution in [-0.2, 0) is 0 Å². The Morgan fingerprint density at radius 1 is 1.47 bits per heavy atom.